The van der Waals surface area contributed by atoms with Crippen LogP contribution in [0.2, 0.25) is 0 Å². The molecule has 0 unspecified atom stereocenters. The molecule has 3 aromatic carbocycles. The Bertz CT molecular complexity index is 961. The Hall–Kier alpha value is -3.02. The summed E-state index contributed by atoms with van der Waals surface area (Å²) in [4.78, 5) is 2.26. The number of rotatable bonds is 12. The SMILES string of the molecule is COc1ccc(CCN(Cc2ccccc2)C[C@@H](O)COc2cccc(C)c2)cc1OC. The van der Waals surface area contributed by atoms with E-state index < -0.39 is 6.10 Å². The molecule has 0 fully saturated rings. The lowest BCUT2D eigenvalue weighted by Crippen LogP contribution is -2.36. The van der Waals surface area contributed by atoms with Crippen LogP contribution in [0.15, 0.2) is 72.8 Å². The van der Waals surface area contributed by atoms with Gasteiger partial charge in [-0.15, -0.1) is 0 Å². The third-order valence-corrected chi connectivity index (χ3v) is 5.31. The van der Waals surface area contributed by atoms with Crippen molar-refractivity contribution in [3.8, 4) is 17.2 Å². The van der Waals surface area contributed by atoms with Crippen LogP contribution in [0.25, 0.3) is 0 Å². The molecule has 0 radical (unpaired) electrons. The molecule has 170 valence electrons. The molecular formula is C27H33NO4. The van der Waals surface area contributed by atoms with E-state index >= 15 is 0 Å². The van der Waals surface area contributed by atoms with Crippen molar-refractivity contribution in [1.82, 2.24) is 4.90 Å². The second kappa shape index (κ2) is 12.1. The van der Waals surface area contributed by atoms with Gasteiger partial charge in [0.15, 0.2) is 11.5 Å². The molecule has 0 aliphatic carbocycles. The number of benzene rings is 3. The monoisotopic (exact) mass is 435 g/mol. The molecule has 5 heteroatoms. The molecule has 0 bridgehead atoms. The summed E-state index contributed by atoms with van der Waals surface area (Å²) in [6, 6.07) is 24.2. The molecule has 1 atom stereocenters. The van der Waals surface area contributed by atoms with Crippen LogP contribution in [0.3, 0.4) is 0 Å². The van der Waals surface area contributed by atoms with E-state index in [0.29, 0.717) is 6.54 Å². The molecule has 3 rings (SSSR count). The Labute approximate surface area is 191 Å². The van der Waals surface area contributed by atoms with Crippen molar-refractivity contribution in [1.29, 1.82) is 0 Å². The van der Waals surface area contributed by atoms with E-state index in [4.69, 9.17) is 14.2 Å². The summed E-state index contributed by atoms with van der Waals surface area (Å²) in [7, 11) is 3.28. The van der Waals surface area contributed by atoms with Gasteiger partial charge in [-0.05, 0) is 54.3 Å². The van der Waals surface area contributed by atoms with Crippen molar-refractivity contribution in [3.05, 3.63) is 89.5 Å². The second-order valence-electron chi connectivity index (χ2n) is 7.94. The van der Waals surface area contributed by atoms with E-state index in [-0.39, 0.29) is 6.61 Å². The summed E-state index contributed by atoms with van der Waals surface area (Å²) in [6.07, 6.45) is 0.239. The zero-order chi connectivity index (χ0) is 22.8. The van der Waals surface area contributed by atoms with E-state index in [0.717, 1.165) is 47.9 Å². The maximum Gasteiger partial charge on any atom is 0.160 e. The van der Waals surface area contributed by atoms with Crippen molar-refractivity contribution < 1.29 is 19.3 Å². The molecule has 0 saturated heterocycles. The first-order chi connectivity index (χ1) is 15.6. The third-order valence-electron chi connectivity index (χ3n) is 5.31. The van der Waals surface area contributed by atoms with Crippen LogP contribution in [-0.4, -0.2) is 50.0 Å². The van der Waals surface area contributed by atoms with Crippen molar-refractivity contribution in [2.45, 2.75) is 26.0 Å². The molecule has 0 spiro atoms. The molecule has 0 amide bonds. The van der Waals surface area contributed by atoms with Crippen molar-refractivity contribution in [3.63, 3.8) is 0 Å². The average Bonchev–Trinajstić information content (AvgIpc) is 2.81. The van der Waals surface area contributed by atoms with Gasteiger partial charge in [0.2, 0.25) is 0 Å². The Kier molecular flexibility index (Phi) is 8.96. The highest BCUT2D eigenvalue weighted by atomic mass is 16.5. The molecule has 0 aromatic heterocycles. The summed E-state index contributed by atoms with van der Waals surface area (Å²) in [6.45, 7) is 4.36. The second-order valence-corrected chi connectivity index (χ2v) is 7.94. The van der Waals surface area contributed by atoms with Crippen molar-refractivity contribution in [2.24, 2.45) is 0 Å². The fourth-order valence-corrected chi connectivity index (χ4v) is 3.65. The lowest BCUT2D eigenvalue weighted by Gasteiger charge is -2.25. The fourth-order valence-electron chi connectivity index (χ4n) is 3.65. The maximum atomic E-state index is 10.7. The van der Waals surface area contributed by atoms with Gasteiger partial charge < -0.3 is 19.3 Å². The third kappa shape index (κ3) is 7.29. The quantitative estimate of drug-likeness (QED) is 0.454. The minimum absolute atomic E-state index is 0.255. The number of methoxy groups -OCH3 is 2. The highest BCUT2D eigenvalue weighted by Crippen LogP contribution is 2.27. The van der Waals surface area contributed by atoms with Gasteiger partial charge >= 0.3 is 0 Å². The fraction of sp³-hybridized carbons (Fsp3) is 0.333. The molecule has 3 aromatic rings. The van der Waals surface area contributed by atoms with Crippen LogP contribution in [0.5, 0.6) is 17.2 Å². The Morgan fingerprint density at radius 2 is 1.62 bits per heavy atom. The van der Waals surface area contributed by atoms with Gasteiger partial charge in [0, 0.05) is 19.6 Å². The number of hydrogen-bond acceptors (Lipinski definition) is 5. The average molecular weight is 436 g/mol. The summed E-state index contributed by atoms with van der Waals surface area (Å²) >= 11 is 0. The molecule has 0 heterocycles. The minimum atomic E-state index is -0.593. The van der Waals surface area contributed by atoms with Crippen LogP contribution in [0, 0.1) is 6.92 Å². The van der Waals surface area contributed by atoms with Gasteiger partial charge in [0.05, 0.1) is 14.2 Å². The molecule has 1 N–H and O–H groups in total. The van der Waals surface area contributed by atoms with Gasteiger partial charge in [-0.3, -0.25) is 4.90 Å². The molecule has 32 heavy (non-hydrogen) atoms. The van der Waals surface area contributed by atoms with Crippen LogP contribution in [0.1, 0.15) is 16.7 Å². The topological polar surface area (TPSA) is 51.2 Å². The largest absolute Gasteiger partial charge is 0.493 e. The number of hydrogen-bond donors (Lipinski definition) is 1. The number of aliphatic hydroxyl groups excluding tert-OH is 1. The number of nitrogens with zero attached hydrogens (tertiary/aromatic N) is 1. The van der Waals surface area contributed by atoms with Gasteiger partial charge in [0.1, 0.15) is 18.5 Å². The normalized spacial score (nSPS) is 11.9. The van der Waals surface area contributed by atoms with E-state index in [1.807, 2.05) is 61.5 Å². The van der Waals surface area contributed by atoms with Crippen LogP contribution in [-0.2, 0) is 13.0 Å². The van der Waals surface area contributed by atoms with Gasteiger partial charge in [-0.2, -0.15) is 0 Å². The lowest BCUT2D eigenvalue weighted by atomic mass is 10.1. The zero-order valence-corrected chi connectivity index (χ0v) is 19.2. The molecule has 0 aliphatic heterocycles. The van der Waals surface area contributed by atoms with Gasteiger partial charge in [-0.25, -0.2) is 0 Å². The van der Waals surface area contributed by atoms with Crippen LogP contribution >= 0.6 is 0 Å². The van der Waals surface area contributed by atoms with Crippen LogP contribution in [0.4, 0.5) is 0 Å². The predicted octanol–water partition coefficient (Wildman–Crippen LogP) is 4.50. The standard InChI is InChI=1S/C27H33NO4/c1-21-8-7-11-25(16-21)32-20-24(29)19-28(18-23-9-5-4-6-10-23)15-14-22-12-13-26(30-2)27(17-22)31-3/h4-13,16-17,24,29H,14-15,18-20H2,1-3H3/t24-/m1/s1. The molecular weight excluding hydrogens is 402 g/mol. The number of aryl methyl sites for hydroxylation is 1. The van der Waals surface area contributed by atoms with Gasteiger partial charge in [0.25, 0.3) is 0 Å². The number of aliphatic hydroxyl groups is 1. The van der Waals surface area contributed by atoms with Crippen molar-refractivity contribution in [2.75, 3.05) is 33.9 Å². The first-order valence-electron chi connectivity index (χ1n) is 10.9. The molecule has 5 nitrogen and oxygen atoms in total. The van der Waals surface area contributed by atoms with E-state index in [1.54, 1.807) is 14.2 Å². The van der Waals surface area contributed by atoms with Gasteiger partial charge in [-0.1, -0.05) is 48.5 Å². The van der Waals surface area contributed by atoms with Crippen molar-refractivity contribution >= 4 is 0 Å². The van der Waals surface area contributed by atoms with E-state index in [2.05, 4.69) is 23.1 Å². The summed E-state index contributed by atoms with van der Waals surface area (Å²) in [5.41, 5.74) is 3.51. The zero-order valence-electron chi connectivity index (χ0n) is 19.2. The number of ether oxygens (including phenoxy) is 3. The van der Waals surface area contributed by atoms with Crippen LogP contribution < -0.4 is 14.2 Å². The Balaban J connectivity index is 1.62. The highest BCUT2D eigenvalue weighted by molar-refractivity contribution is 5.43. The van der Waals surface area contributed by atoms with E-state index in [1.165, 1.54) is 5.56 Å². The summed E-state index contributed by atoms with van der Waals surface area (Å²) < 4.78 is 16.6. The first kappa shape index (κ1) is 23.6. The lowest BCUT2D eigenvalue weighted by molar-refractivity contribution is 0.0659. The Morgan fingerprint density at radius 3 is 2.34 bits per heavy atom. The molecule has 0 aliphatic rings. The predicted molar refractivity (Wildman–Crippen MR) is 128 cm³/mol. The first-order valence-corrected chi connectivity index (χ1v) is 10.9. The maximum absolute atomic E-state index is 10.7. The Morgan fingerprint density at radius 1 is 0.844 bits per heavy atom. The summed E-state index contributed by atoms with van der Waals surface area (Å²) in [5, 5.41) is 10.7. The minimum Gasteiger partial charge on any atom is -0.493 e. The molecule has 0 saturated carbocycles. The smallest absolute Gasteiger partial charge is 0.160 e. The van der Waals surface area contributed by atoms with E-state index in [9.17, 15) is 5.11 Å². The highest BCUT2D eigenvalue weighted by Gasteiger charge is 2.14. The summed E-state index contributed by atoms with van der Waals surface area (Å²) in [5.74, 6) is 2.23.